The van der Waals surface area contributed by atoms with Crippen molar-refractivity contribution in [3.8, 4) is 0 Å². The van der Waals surface area contributed by atoms with Crippen LogP contribution in [0.4, 0.5) is 0 Å². The molecular formula is C21H26N2O7. The summed E-state index contributed by atoms with van der Waals surface area (Å²) in [6.07, 6.45) is 0.545. The van der Waals surface area contributed by atoms with Gasteiger partial charge in [0.1, 0.15) is 6.04 Å². The van der Waals surface area contributed by atoms with Crippen LogP contribution in [0, 0.1) is 5.92 Å². The largest absolute Gasteiger partial charge is 0.467 e. The Morgan fingerprint density at radius 2 is 1.67 bits per heavy atom. The highest BCUT2D eigenvalue weighted by molar-refractivity contribution is 6.21. The van der Waals surface area contributed by atoms with Gasteiger partial charge in [-0.2, -0.15) is 0 Å². The summed E-state index contributed by atoms with van der Waals surface area (Å²) in [4.78, 5) is 61.2. The maximum atomic E-state index is 12.3. The second-order valence-corrected chi connectivity index (χ2v) is 7.34. The molecule has 1 heterocycles. The zero-order valence-corrected chi connectivity index (χ0v) is 17.3. The van der Waals surface area contributed by atoms with Crippen LogP contribution in [0.3, 0.4) is 0 Å². The van der Waals surface area contributed by atoms with E-state index < -0.39 is 30.5 Å². The highest BCUT2D eigenvalue weighted by atomic mass is 16.5. The lowest BCUT2D eigenvalue weighted by atomic mass is 10.0. The molecule has 9 nitrogen and oxygen atoms in total. The fraction of sp³-hybridized carbons (Fsp3) is 0.476. The smallest absolute Gasteiger partial charge is 0.328 e. The van der Waals surface area contributed by atoms with Gasteiger partial charge in [-0.05, 0) is 30.9 Å². The number of imide groups is 1. The highest BCUT2D eigenvalue weighted by Gasteiger charge is 2.34. The molecule has 0 bridgehead atoms. The summed E-state index contributed by atoms with van der Waals surface area (Å²) in [6.45, 7) is 3.34. The molecule has 0 fully saturated rings. The molecule has 3 amide bonds. The average molecular weight is 418 g/mol. The third kappa shape index (κ3) is 5.88. The Balaban J connectivity index is 1.74. The van der Waals surface area contributed by atoms with Crippen LogP contribution in [-0.4, -0.2) is 60.9 Å². The summed E-state index contributed by atoms with van der Waals surface area (Å²) in [5.41, 5.74) is 0.701. The molecule has 1 aromatic carbocycles. The van der Waals surface area contributed by atoms with Gasteiger partial charge in [-0.15, -0.1) is 0 Å². The second-order valence-electron chi connectivity index (χ2n) is 7.34. The summed E-state index contributed by atoms with van der Waals surface area (Å²) in [7, 11) is 1.23. The van der Waals surface area contributed by atoms with Gasteiger partial charge in [0.25, 0.3) is 17.7 Å². The molecule has 1 N–H and O–H groups in total. The van der Waals surface area contributed by atoms with Crippen molar-refractivity contribution in [2.45, 2.75) is 39.2 Å². The van der Waals surface area contributed by atoms with E-state index in [-0.39, 0.29) is 37.1 Å². The maximum absolute atomic E-state index is 12.3. The number of nitrogens with one attached hydrogen (secondary N) is 1. The van der Waals surface area contributed by atoms with Crippen molar-refractivity contribution in [2.24, 2.45) is 5.92 Å². The summed E-state index contributed by atoms with van der Waals surface area (Å²) < 4.78 is 9.57. The van der Waals surface area contributed by atoms with Crippen LogP contribution in [0.1, 0.15) is 53.8 Å². The van der Waals surface area contributed by atoms with Crippen molar-refractivity contribution in [1.82, 2.24) is 10.2 Å². The Kier molecular flexibility index (Phi) is 8.08. The standard InChI is InChI=1S/C21H26N2O7/c1-13(2)11-16(21(28)29-3)22-17(24)12-30-18(25)9-6-10-23-19(26)14-7-4-5-8-15(14)20(23)27/h4-5,7-8,13,16H,6,9-12H2,1-3H3,(H,22,24)/t16-/m0/s1. The number of carbonyl (C=O) groups is 5. The van der Waals surface area contributed by atoms with Crippen molar-refractivity contribution in [3.63, 3.8) is 0 Å². The van der Waals surface area contributed by atoms with E-state index in [1.165, 1.54) is 7.11 Å². The second kappa shape index (κ2) is 10.5. The molecule has 0 aromatic heterocycles. The maximum Gasteiger partial charge on any atom is 0.328 e. The van der Waals surface area contributed by atoms with E-state index in [4.69, 9.17) is 4.74 Å². The molecule has 0 saturated heterocycles. The number of hydrogen-bond donors (Lipinski definition) is 1. The zero-order valence-electron chi connectivity index (χ0n) is 17.3. The fourth-order valence-electron chi connectivity index (χ4n) is 3.11. The lowest BCUT2D eigenvalue weighted by Gasteiger charge is -2.18. The van der Waals surface area contributed by atoms with E-state index >= 15 is 0 Å². The molecule has 30 heavy (non-hydrogen) atoms. The van der Waals surface area contributed by atoms with Crippen LogP contribution < -0.4 is 5.32 Å². The Hall–Kier alpha value is -3.23. The lowest BCUT2D eigenvalue weighted by molar-refractivity contribution is -0.150. The SMILES string of the molecule is COC(=O)[C@H](CC(C)C)NC(=O)COC(=O)CCCN1C(=O)c2ccccc2C1=O. The van der Waals surface area contributed by atoms with Gasteiger partial charge in [-0.3, -0.25) is 24.1 Å². The molecule has 2 rings (SSSR count). The Labute approximate surface area is 174 Å². The molecule has 0 saturated carbocycles. The van der Waals surface area contributed by atoms with Crippen LogP contribution in [0.2, 0.25) is 0 Å². The quantitative estimate of drug-likeness (QED) is 0.449. The van der Waals surface area contributed by atoms with Crippen LogP contribution in [0.5, 0.6) is 0 Å². The number of amides is 3. The minimum atomic E-state index is -0.810. The van der Waals surface area contributed by atoms with Gasteiger partial charge >= 0.3 is 11.9 Å². The van der Waals surface area contributed by atoms with E-state index in [0.29, 0.717) is 17.5 Å². The van der Waals surface area contributed by atoms with Gasteiger partial charge in [0, 0.05) is 13.0 Å². The molecule has 9 heteroatoms. The average Bonchev–Trinajstić information content (AvgIpc) is 2.96. The summed E-state index contributed by atoms with van der Waals surface area (Å²) >= 11 is 0. The monoisotopic (exact) mass is 418 g/mol. The molecule has 0 radical (unpaired) electrons. The zero-order chi connectivity index (χ0) is 22.3. The number of nitrogens with zero attached hydrogens (tertiary/aromatic N) is 1. The van der Waals surface area contributed by atoms with Crippen LogP contribution >= 0.6 is 0 Å². The van der Waals surface area contributed by atoms with Gasteiger partial charge in [0.15, 0.2) is 6.61 Å². The molecule has 0 unspecified atom stereocenters. The number of fused-ring (bicyclic) bond motifs is 1. The predicted octanol–water partition coefficient (Wildman–Crippen LogP) is 1.31. The number of carbonyl (C=O) groups excluding carboxylic acids is 5. The Morgan fingerprint density at radius 3 is 2.20 bits per heavy atom. The summed E-state index contributed by atoms with van der Waals surface area (Å²) in [5, 5.41) is 2.49. The highest BCUT2D eigenvalue weighted by Crippen LogP contribution is 2.22. The predicted molar refractivity (Wildman–Crippen MR) is 105 cm³/mol. The molecule has 1 aromatic rings. The van der Waals surface area contributed by atoms with Crippen LogP contribution in [0.15, 0.2) is 24.3 Å². The van der Waals surface area contributed by atoms with Crippen molar-refractivity contribution < 1.29 is 33.4 Å². The molecule has 1 atom stereocenters. The number of hydrogen-bond acceptors (Lipinski definition) is 7. The molecule has 0 spiro atoms. The van der Waals surface area contributed by atoms with Gasteiger partial charge in [-0.25, -0.2) is 4.79 Å². The Morgan fingerprint density at radius 1 is 1.07 bits per heavy atom. The number of benzene rings is 1. The number of rotatable bonds is 10. The van der Waals surface area contributed by atoms with Crippen molar-refractivity contribution in [1.29, 1.82) is 0 Å². The van der Waals surface area contributed by atoms with Gasteiger partial charge in [-0.1, -0.05) is 26.0 Å². The molecule has 1 aliphatic heterocycles. The third-order valence-electron chi connectivity index (χ3n) is 4.53. The van der Waals surface area contributed by atoms with E-state index in [2.05, 4.69) is 10.1 Å². The van der Waals surface area contributed by atoms with Crippen LogP contribution in [0.25, 0.3) is 0 Å². The first-order valence-electron chi connectivity index (χ1n) is 9.72. The van der Waals surface area contributed by atoms with Gasteiger partial charge < -0.3 is 14.8 Å². The molecule has 0 aliphatic carbocycles. The summed E-state index contributed by atoms with van der Waals surface area (Å²) in [6, 6.07) is 5.73. The normalized spacial score (nSPS) is 13.8. The number of ether oxygens (including phenoxy) is 2. The van der Waals surface area contributed by atoms with Crippen molar-refractivity contribution >= 4 is 29.7 Å². The lowest BCUT2D eigenvalue weighted by Crippen LogP contribution is -2.44. The first-order chi connectivity index (χ1) is 14.2. The molecular weight excluding hydrogens is 392 g/mol. The van der Waals surface area contributed by atoms with Crippen molar-refractivity contribution in [3.05, 3.63) is 35.4 Å². The minimum Gasteiger partial charge on any atom is -0.467 e. The van der Waals surface area contributed by atoms with Crippen LogP contribution in [-0.2, 0) is 23.9 Å². The topological polar surface area (TPSA) is 119 Å². The first kappa shape index (κ1) is 23.1. The van der Waals surface area contributed by atoms with E-state index in [1.807, 2.05) is 13.8 Å². The summed E-state index contributed by atoms with van der Waals surface area (Å²) in [5.74, 6) is -2.44. The number of methoxy groups -OCH3 is 1. The van der Waals surface area contributed by atoms with Gasteiger partial charge in [0.2, 0.25) is 0 Å². The first-order valence-corrected chi connectivity index (χ1v) is 9.72. The van der Waals surface area contributed by atoms with Crippen molar-refractivity contribution in [2.75, 3.05) is 20.3 Å². The van der Waals surface area contributed by atoms with E-state index in [0.717, 1.165) is 4.90 Å². The van der Waals surface area contributed by atoms with E-state index in [9.17, 15) is 24.0 Å². The van der Waals surface area contributed by atoms with E-state index in [1.54, 1.807) is 24.3 Å². The third-order valence-corrected chi connectivity index (χ3v) is 4.53. The fourth-order valence-corrected chi connectivity index (χ4v) is 3.11. The number of esters is 2. The molecule has 162 valence electrons. The molecule has 1 aliphatic rings. The van der Waals surface area contributed by atoms with Gasteiger partial charge in [0.05, 0.1) is 18.2 Å². The minimum absolute atomic E-state index is 0.0624. The Bertz CT molecular complexity index is 799.